The smallest absolute Gasteiger partial charge is 0.327 e. The number of halogens is 1. The molecule has 10 nitrogen and oxygen atoms in total. The first kappa shape index (κ1) is 14.4. The Morgan fingerprint density at radius 2 is 2.00 bits per heavy atom. The largest absolute Gasteiger partial charge is 0.394 e. The molecule has 0 aliphatic carbocycles. The lowest BCUT2D eigenvalue weighted by Crippen LogP contribution is -2.33. The van der Waals surface area contributed by atoms with Crippen LogP contribution in [-0.4, -0.2) is 59.8 Å². The molecule has 5 N–H and O–H groups in total. The molecule has 114 valence electrons. The predicted octanol–water partition coefficient (Wildman–Crippen LogP) is -2.21. The Hall–Kier alpha value is -1.53. The molecule has 21 heavy (non-hydrogen) atoms. The van der Waals surface area contributed by atoms with Crippen molar-refractivity contribution in [2.75, 3.05) is 6.61 Å². The monoisotopic (exact) mass is 362 g/mol. The molecular formula is C10H11BrN4O6. The Labute approximate surface area is 124 Å². The maximum atomic E-state index is 11.7. The van der Waals surface area contributed by atoms with Crippen LogP contribution in [0.3, 0.4) is 0 Å². The second-order valence-corrected chi connectivity index (χ2v) is 5.29. The van der Waals surface area contributed by atoms with Crippen molar-refractivity contribution >= 4 is 27.1 Å². The van der Waals surface area contributed by atoms with Gasteiger partial charge in [-0.15, -0.1) is 0 Å². The molecule has 0 spiro atoms. The number of fused-ring (bicyclic) bond motifs is 1. The number of nitrogens with one attached hydrogen (secondary N) is 2. The summed E-state index contributed by atoms with van der Waals surface area (Å²) in [5.41, 5.74) is -1.46. The minimum atomic E-state index is -1.36. The number of H-pyrrole nitrogens is 2. The molecule has 3 heterocycles. The summed E-state index contributed by atoms with van der Waals surface area (Å²) in [7, 11) is 0. The molecular weight excluding hydrogens is 352 g/mol. The molecule has 0 radical (unpaired) electrons. The molecule has 11 heteroatoms. The molecule has 0 bridgehead atoms. The summed E-state index contributed by atoms with van der Waals surface area (Å²) in [6.07, 6.45) is -4.77. The molecule has 3 rings (SSSR count). The van der Waals surface area contributed by atoms with E-state index in [0.29, 0.717) is 0 Å². The third-order valence-corrected chi connectivity index (χ3v) is 3.87. The van der Waals surface area contributed by atoms with Gasteiger partial charge in [-0.05, 0) is 15.9 Å². The number of hydrogen-bond acceptors (Lipinski definition) is 7. The highest BCUT2D eigenvalue weighted by Crippen LogP contribution is 2.33. The summed E-state index contributed by atoms with van der Waals surface area (Å²) in [6, 6.07) is 0. The third-order valence-electron chi connectivity index (χ3n) is 3.31. The highest BCUT2D eigenvalue weighted by atomic mass is 79.9. The first-order valence-electron chi connectivity index (χ1n) is 5.96. The van der Waals surface area contributed by atoms with E-state index in [1.165, 1.54) is 4.57 Å². The summed E-state index contributed by atoms with van der Waals surface area (Å²) in [5.74, 6) is 0. The van der Waals surface area contributed by atoms with E-state index in [1.807, 2.05) is 4.98 Å². The highest BCUT2D eigenvalue weighted by molar-refractivity contribution is 9.10. The van der Waals surface area contributed by atoms with Gasteiger partial charge < -0.3 is 20.1 Å². The van der Waals surface area contributed by atoms with Gasteiger partial charge in [-0.1, -0.05) is 0 Å². The highest BCUT2D eigenvalue weighted by Gasteiger charge is 2.44. The summed E-state index contributed by atoms with van der Waals surface area (Å²) < 4.78 is 6.71. The van der Waals surface area contributed by atoms with Crippen LogP contribution in [0, 0.1) is 0 Å². The van der Waals surface area contributed by atoms with E-state index in [2.05, 4.69) is 25.9 Å². The molecule has 2 aromatic rings. The van der Waals surface area contributed by atoms with E-state index in [9.17, 15) is 19.8 Å². The zero-order valence-corrected chi connectivity index (χ0v) is 11.9. The average molecular weight is 363 g/mol. The van der Waals surface area contributed by atoms with Crippen LogP contribution in [0.5, 0.6) is 0 Å². The number of aromatic amines is 2. The van der Waals surface area contributed by atoms with E-state index >= 15 is 0 Å². The number of nitrogens with zero attached hydrogens (tertiary/aromatic N) is 2. The van der Waals surface area contributed by atoms with Gasteiger partial charge in [0.15, 0.2) is 22.1 Å². The maximum absolute atomic E-state index is 11.7. The van der Waals surface area contributed by atoms with Crippen molar-refractivity contribution in [1.82, 2.24) is 19.5 Å². The lowest BCUT2D eigenvalue weighted by molar-refractivity contribution is -0.0521. The van der Waals surface area contributed by atoms with E-state index in [1.54, 1.807) is 0 Å². The quantitative estimate of drug-likeness (QED) is 0.379. The van der Waals surface area contributed by atoms with Gasteiger partial charge in [-0.25, -0.2) is 9.78 Å². The fourth-order valence-electron chi connectivity index (χ4n) is 2.31. The summed E-state index contributed by atoms with van der Waals surface area (Å²) in [6.45, 7) is -0.490. The van der Waals surface area contributed by atoms with Gasteiger partial charge in [0.25, 0.3) is 5.56 Å². The number of aliphatic hydroxyl groups excluding tert-OH is 3. The van der Waals surface area contributed by atoms with Crippen LogP contribution >= 0.6 is 15.9 Å². The molecule has 1 aliphatic heterocycles. The molecule has 1 fully saturated rings. The molecule has 0 amide bonds. The second kappa shape index (κ2) is 5.03. The van der Waals surface area contributed by atoms with Gasteiger partial charge in [0.1, 0.15) is 18.3 Å². The number of ether oxygens (including phenoxy) is 1. The predicted molar refractivity (Wildman–Crippen MR) is 71.7 cm³/mol. The van der Waals surface area contributed by atoms with Crippen LogP contribution in [0.4, 0.5) is 0 Å². The van der Waals surface area contributed by atoms with Gasteiger partial charge in [-0.3, -0.25) is 19.3 Å². The number of hydrogen-bond donors (Lipinski definition) is 5. The van der Waals surface area contributed by atoms with Crippen molar-refractivity contribution in [2.45, 2.75) is 24.5 Å². The van der Waals surface area contributed by atoms with Gasteiger partial charge in [0, 0.05) is 0 Å². The summed E-state index contributed by atoms with van der Waals surface area (Å²) in [5, 5.41) is 28.9. The van der Waals surface area contributed by atoms with Crippen LogP contribution in [0.15, 0.2) is 14.3 Å². The Bertz CT molecular complexity index is 797. The van der Waals surface area contributed by atoms with Crippen molar-refractivity contribution in [3.63, 3.8) is 0 Å². The molecule has 1 saturated heterocycles. The molecule has 4 atom stereocenters. The molecule has 2 aromatic heterocycles. The Kier molecular flexibility index (Phi) is 3.45. The Morgan fingerprint density at radius 3 is 2.62 bits per heavy atom. The van der Waals surface area contributed by atoms with Crippen molar-refractivity contribution in [3.8, 4) is 0 Å². The Morgan fingerprint density at radius 1 is 1.29 bits per heavy atom. The summed E-state index contributed by atoms with van der Waals surface area (Å²) in [4.78, 5) is 31.4. The van der Waals surface area contributed by atoms with Crippen molar-refractivity contribution in [3.05, 3.63) is 25.6 Å². The van der Waals surface area contributed by atoms with Crippen LogP contribution in [0.1, 0.15) is 6.23 Å². The number of imidazole rings is 1. The van der Waals surface area contributed by atoms with Crippen LogP contribution in [0.25, 0.3) is 11.2 Å². The first-order valence-corrected chi connectivity index (χ1v) is 6.76. The number of aromatic nitrogens is 4. The fourth-order valence-corrected chi connectivity index (χ4v) is 2.87. The number of rotatable bonds is 2. The van der Waals surface area contributed by atoms with Gasteiger partial charge in [0.2, 0.25) is 0 Å². The number of aliphatic hydroxyl groups is 3. The average Bonchev–Trinajstić information content (AvgIpc) is 2.89. The Balaban J connectivity index is 2.19. The standard InChI is InChI=1S/C10H11BrN4O6/c11-9-12-3-6(13-10(20)14-7(3)19)15(9)8-5(18)4(17)2(1-16)21-8/h2,4-5,8,16-18H,1H2,(H2,13,14,19,20)/t2-,4-,5-,8?/m1/s1. The zero-order valence-electron chi connectivity index (χ0n) is 10.4. The fraction of sp³-hybridized carbons (Fsp3) is 0.500. The van der Waals surface area contributed by atoms with E-state index in [4.69, 9.17) is 9.84 Å². The van der Waals surface area contributed by atoms with E-state index in [0.717, 1.165) is 0 Å². The maximum Gasteiger partial charge on any atom is 0.327 e. The van der Waals surface area contributed by atoms with Gasteiger partial charge in [-0.2, -0.15) is 0 Å². The first-order chi connectivity index (χ1) is 9.93. The van der Waals surface area contributed by atoms with E-state index < -0.39 is 42.4 Å². The van der Waals surface area contributed by atoms with Crippen molar-refractivity contribution < 1.29 is 20.1 Å². The molecule has 1 aliphatic rings. The minimum Gasteiger partial charge on any atom is -0.394 e. The second-order valence-electron chi connectivity index (χ2n) is 4.59. The molecule has 1 unspecified atom stereocenters. The van der Waals surface area contributed by atoms with Crippen LogP contribution < -0.4 is 11.2 Å². The minimum absolute atomic E-state index is 0.0328. The van der Waals surface area contributed by atoms with Crippen molar-refractivity contribution in [1.29, 1.82) is 0 Å². The molecule has 0 aromatic carbocycles. The van der Waals surface area contributed by atoms with Crippen molar-refractivity contribution in [2.24, 2.45) is 0 Å². The van der Waals surface area contributed by atoms with Crippen LogP contribution in [-0.2, 0) is 4.74 Å². The normalized spacial score (nSPS) is 29.3. The zero-order chi connectivity index (χ0) is 15.3. The third kappa shape index (κ3) is 2.13. The topological polar surface area (TPSA) is 153 Å². The van der Waals surface area contributed by atoms with Gasteiger partial charge >= 0.3 is 5.69 Å². The lowest BCUT2D eigenvalue weighted by Gasteiger charge is -2.17. The SMILES string of the molecule is O=c1[nH]c(=O)c2nc(Br)n(C3O[C@H](CO)[C@@H](O)[C@H]3O)c2[nH]1. The van der Waals surface area contributed by atoms with E-state index in [-0.39, 0.29) is 15.9 Å². The molecule has 0 saturated carbocycles. The lowest BCUT2D eigenvalue weighted by atomic mass is 10.1. The van der Waals surface area contributed by atoms with Crippen LogP contribution in [0.2, 0.25) is 0 Å². The van der Waals surface area contributed by atoms with Gasteiger partial charge in [0.05, 0.1) is 6.61 Å². The summed E-state index contributed by atoms with van der Waals surface area (Å²) >= 11 is 3.11.